The van der Waals surface area contributed by atoms with Crippen LogP contribution in [0, 0.1) is 5.92 Å². The van der Waals surface area contributed by atoms with Gasteiger partial charge in [-0.1, -0.05) is 15.9 Å². The van der Waals surface area contributed by atoms with Crippen molar-refractivity contribution in [2.75, 3.05) is 16.8 Å². The number of carbonyl (C=O) groups excluding carboxylic acids is 1. The van der Waals surface area contributed by atoms with Crippen LogP contribution in [0.3, 0.4) is 0 Å². The SMILES string of the molecule is O=C(Nc1ccc(Br)cc1)C1CCSCC1. The fourth-order valence-corrected chi connectivity index (χ4v) is 3.11. The second-order valence-corrected chi connectivity index (χ2v) is 6.02. The molecule has 0 aliphatic carbocycles. The molecule has 1 heterocycles. The number of carbonyl (C=O) groups is 1. The van der Waals surface area contributed by atoms with Crippen LogP contribution in [-0.2, 0) is 4.79 Å². The summed E-state index contributed by atoms with van der Waals surface area (Å²) in [5.74, 6) is 2.59. The zero-order valence-electron chi connectivity index (χ0n) is 8.91. The number of rotatable bonds is 2. The molecule has 2 rings (SSSR count). The molecule has 1 saturated heterocycles. The first-order valence-corrected chi connectivity index (χ1v) is 7.34. The van der Waals surface area contributed by atoms with Crippen molar-refractivity contribution in [3.63, 3.8) is 0 Å². The summed E-state index contributed by atoms with van der Waals surface area (Å²) < 4.78 is 1.03. The van der Waals surface area contributed by atoms with E-state index >= 15 is 0 Å². The maximum Gasteiger partial charge on any atom is 0.227 e. The van der Waals surface area contributed by atoms with Crippen molar-refractivity contribution in [2.24, 2.45) is 5.92 Å². The van der Waals surface area contributed by atoms with Crippen LogP contribution >= 0.6 is 27.7 Å². The van der Waals surface area contributed by atoms with Crippen molar-refractivity contribution in [3.05, 3.63) is 28.7 Å². The predicted molar refractivity (Wildman–Crippen MR) is 72.8 cm³/mol. The Morgan fingerprint density at radius 3 is 2.50 bits per heavy atom. The largest absolute Gasteiger partial charge is 0.326 e. The highest BCUT2D eigenvalue weighted by atomic mass is 79.9. The third-order valence-corrected chi connectivity index (χ3v) is 4.28. The van der Waals surface area contributed by atoms with Gasteiger partial charge in [-0.3, -0.25) is 4.79 Å². The molecule has 0 aromatic heterocycles. The van der Waals surface area contributed by atoms with Crippen molar-refractivity contribution in [1.29, 1.82) is 0 Å². The fraction of sp³-hybridized carbons (Fsp3) is 0.417. The molecule has 0 bridgehead atoms. The predicted octanol–water partition coefficient (Wildman–Crippen LogP) is 3.53. The lowest BCUT2D eigenvalue weighted by Crippen LogP contribution is -2.26. The smallest absolute Gasteiger partial charge is 0.227 e. The maximum absolute atomic E-state index is 11.9. The van der Waals surface area contributed by atoms with Gasteiger partial charge in [-0.15, -0.1) is 0 Å². The van der Waals surface area contributed by atoms with Crippen molar-refractivity contribution in [2.45, 2.75) is 12.8 Å². The second-order valence-electron chi connectivity index (χ2n) is 3.88. The van der Waals surface area contributed by atoms with Gasteiger partial charge in [0.25, 0.3) is 0 Å². The first-order valence-electron chi connectivity index (χ1n) is 5.40. The molecule has 0 atom stereocenters. The van der Waals surface area contributed by atoms with Crippen LogP contribution in [0.25, 0.3) is 0 Å². The maximum atomic E-state index is 11.9. The average molecular weight is 300 g/mol. The van der Waals surface area contributed by atoms with Gasteiger partial charge in [-0.2, -0.15) is 11.8 Å². The third-order valence-electron chi connectivity index (χ3n) is 2.70. The molecule has 4 heteroatoms. The lowest BCUT2D eigenvalue weighted by Gasteiger charge is -2.20. The Hall–Kier alpha value is -0.480. The standard InChI is InChI=1S/C12H14BrNOS/c13-10-1-3-11(4-2-10)14-12(15)9-5-7-16-8-6-9/h1-4,9H,5-8H2,(H,14,15). The molecule has 0 radical (unpaired) electrons. The quantitative estimate of drug-likeness (QED) is 0.905. The minimum absolute atomic E-state index is 0.169. The van der Waals surface area contributed by atoms with E-state index in [9.17, 15) is 4.79 Å². The highest BCUT2D eigenvalue weighted by molar-refractivity contribution is 9.10. The summed E-state index contributed by atoms with van der Waals surface area (Å²) in [6.45, 7) is 0. The van der Waals surface area contributed by atoms with E-state index in [0.29, 0.717) is 0 Å². The van der Waals surface area contributed by atoms with Crippen molar-refractivity contribution >= 4 is 39.3 Å². The van der Waals surface area contributed by atoms with Crippen LogP contribution in [-0.4, -0.2) is 17.4 Å². The summed E-state index contributed by atoms with van der Waals surface area (Å²) in [5, 5.41) is 2.97. The summed E-state index contributed by atoms with van der Waals surface area (Å²) in [4.78, 5) is 11.9. The first kappa shape index (κ1) is 12.0. The molecule has 16 heavy (non-hydrogen) atoms. The normalized spacial score (nSPS) is 17.1. The first-order chi connectivity index (χ1) is 7.75. The van der Waals surface area contributed by atoms with E-state index in [1.54, 1.807) is 0 Å². The molecule has 0 saturated carbocycles. The lowest BCUT2D eigenvalue weighted by atomic mass is 10.0. The Bertz CT molecular complexity index is 360. The van der Waals surface area contributed by atoms with E-state index in [4.69, 9.17) is 0 Å². The molecule has 1 fully saturated rings. The van der Waals surface area contributed by atoms with Crippen molar-refractivity contribution < 1.29 is 4.79 Å². The number of thioether (sulfide) groups is 1. The second kappa shape index (κ2) is 5.73. The summed E-state index contributed by atoms with van der Waals surface area (Å²) >= 11 is 5.31. The Morgan fingerprint density at radius 1 is 1.25 bits per heavy atom. The molecule has 1 aromatic carbocycles. The van der Waals surface area contributed by atoms with Gasteiger partial charge in [-0.25, -0.2) is 0 Å². The van der Waals surface area contributed by atoms with Gasteiger partial charge in [0.1, 0.15) is 0 Å². The third kappa shape index (κ3) is 3.25. The number of benzene rings is 1. The number of nitrogens with one attached hydrogen (secondary N) is 1. The van der Waals surface area contributed by atoms with Crippen LogP contribution in [0.4, 0.5) is 5.69 Å². The van der Waals surface area contributed by atoms with Crippen LogP contribution in [0.5, 0.6) is 0 Å². The van der Waals surface area contributed by atoms with E-state index in [1.165, 1.54) is 0 Å². The van der Waals surface area contributed by atoms with Gasteiger partial charge in [-0.05, 0) is 48.6 Å². The average Bonchev–Trinajstić information content (AvgIpc) is 2.33. The minimum atomic E-state index is 0.169. The molecule has 1 aromatic rings. The number of anilines is 1. The van der Waals surface area contributed by atoms with Gasteiger partial charge in [0.05, 0.1) is 0 Å². The number of hydrogen-bond acceptors (Lipinski definition) is 2. The van der Waals surface area contributed by atoms with E-state index in [1.807, 2.05) is 36.0 Å². The van der Waals surface area contributed by atoms with Gasteiger partial charge in [0, 0.05) is 16.1 Å². The summed E-state index contributed by atoms with van der Waals surface area (Å²) in [6, 6.07) is 7.71. The molecule has 1 N–H and O–H groups in total. The summed E-state index contributed by atoms with van der Waals surface area (Å²) in [6.07, 6.45) is 2.01. The highest BCUT2D eigenvalue weighted by Gasteiger charge is 2.21. The van der Waals surface area contributed by atoms with Crippen molar-refractivity contribution in [3.8, 4) is 0 Å². The molecule has 0 unspecified atom stereocenters. The molecule has 1 aliphatic rings. The molecule has 1 aliphatic heterocycles. The molecule has 2 nitrogen and oxygen atoms in total. The van der Waals surface area contributed by atoms with E-state index in [-0.39, 0.29) is 11.8 Å². The number of halogens is 1. The molecule has 86 valence electrons. The topological polar surface area (TPSA) is 29.1 Å². The highest BCUT2D eigenvalue weighted by Crippen LogP contribution is 2.24. The minimum Gasteiger partial charge on any atom is -0.326 e. The zero-order valence-corrected chi connectivity index (χ0v) is 11.3. The molecule has 0 spiro atoms. The van der Waals surface area contributed by atoms with Crippen LogP contribution in [0.1, 0.15) is 12.8 Å². The molecule has 1 amide bonds. The van der Waals surface area contributed by atoms with Gasteiger partial charge in [0.15, 0.2) is 0 Å². The van der Waals surface area contributed by atoms with Gasteiger partial charge < -0.3 is 5.32 Å². The Labute approximate surface area is 108 Å². The van der Waals surface area contributed by atoms with E-state index in [2.05, 4.69) is 21.2 Å². The molecular formula is C12H14BrNOS. The van der Waals surface area contributed by atoms with E-state index in [0.717, 1.165) is 34.5 Å². The van der Waals surface area contributed by atoms with Gasteiger partial charge in [0.2, 0.25) is 5.91 Å². The monoisotopic (exact) mass is 299 g/mol. The Morgan fingerprint density at radius 2 is 1.88 bits per heavy atom. The summed E-state index contributed by atoms with van der Waals surface area (Å²) in [5.41, 5.74) is 0.881. The fourth-order valence-electron chi connectivity index (χ4n) is 1.74. The zero-order chi connectivity index (χ0) is 11.4. The van der Waals surface area contributed by atoms with Crippen molar-refractivity contribution in [1.82, 2.24) is 0 Å². The number of hydrogen-bond donors (Lipinski definition) is 1. The number of amides is 1. The Balaban J connectivity index is 1.93. The van der Waals surface area contributed by atoms with Gasteiger partial charge >= 0.3 is 0 Å². The van der Waals surface area contributed by atoms with E-state index < -0.39 is 0 Å². The van der Waals surface area contributed by atoms with Crippen LogP contribution in [0.2, 0.25) is 0 Å². The summed E-state index contributed by atoms with van der Waals surface area (Å²) in [7, 11) is 0. The van der Waals surface area contributed by atoms with Crippen LogP contribution in [0.15, 0.2) is 28.7 Å². The van der Waals surface area contributed by atoms with Crippen LogP contribution < -0.4 is 5.32 Å². The Kier molecular flexibility index (Phi) is 4.29. The molecular weight excluding hydrogens is 286 g/mol. The lowest BCUT2D eigenvalue weighted by molar-refractivity contribution is -0.120.